The molecule has 0 atom stereocenters. The van der Waals surface area contributed by atoms with Crippen molar-refractivity contribution in [1.29, 1.82) is 0 Å². The number of carbonyl (C=O) groups is 1. The summed E-state index contributed by atoms with van der Waals surface area (Å²) in [4.78, 5) is 21.0. The van der Waals surface area contributed by atoms with E-state index in [0.717, 1.165) is 23.3 Å². The summed E-state index contributed by atoms with van der Waals surface area (Å²) in [6.45, 7) is 5.21. The number of hydrogen-bond acceptors (Lipinski definition) is 5. The SMILES string of the molecule is Cc1ccc2nc(NC(=O)CN3CCN(c4ccccc4F)CC3)sc2c1. The van der Waals surface area contributed by atoms with Crippen LogP contribution >= 0.6 is 11.3 Å². The molecule has 0 bridgehead atoms. The number of piperazine rings is 1. The lowest BCUT2D eigenvalue weighted by Crippen LogP contribution is -2.48. The molecular weight excluding hydrogens is 363 g/mol. The maximum Gasteiger partial charge on any atom is 0.240 e. The molecule has 1 fully saturated rings. The minimum Gasteiger partial charge on any atom is -0.367 e. The van der Waals surface area contributed by atoms with Gasteiger partial charge in [0.25, 0.3) is 0 Å². The smallest absolute Gasteiger partial charge is 0.240 e. The van der Waals surface area contributed by atoms with Gasteiger partial charge in [-0.2, -0.15) is 0 Å². The molecule has 1 amide bonds. The molecule has 1 aliphatic heterocycles. The second-order valence-electron chi connectivity index (χ2n) is 6.75. The highest BCUT2D eigenvalue weighted by Crippen LogP contribution is 2.26. The molecule has 4 rings (SSSR count). The van der Waals surface area contributed by atoms with Gasteiger partial charge >= 0.3 is 0 Å². The molecule has 1 saturated heterocycles. The van der Waals surface area contributed by atoms with Gasteiger partial charge in [0, 0.05) is 26.2 Å². The molecule has 140 valence electrons. The Bertz CT molecular complexity index is 966. The predicted octanol–water partition coefficient (Wildman–Crippen LogP) is 3.50. The van der Waals surface area contributed by atoms with Gasteiger partial charge in [-0.15, -0.1) is 0 Å². The largest absolute Gasteiger partial charge is 0.367 e. The van der Waals surface area contributed by atoms with E-state index in [1.54, 1.807) is 12.1 Å². The van der Waals surface area contributed by atoms with Crippen LogP contribution in [0.1, 0.15) is 5.56 Å². The first-order valence-corrected chi connectivity index (χ1v) is 9.79. The van der Waals surface area contributed by atoms with Crippen molar-refractivity contribution in [2.24, 2.45) is 0 Å². The number of aromatic nitrogens is 1. The Hall–Kier alpha value is -2.51. The molecule has 7 heteroatoms. The lowest BCUT2D eigenvalue weighted by Gasteiger charge is -2.35. The Kier molecular flexibility index (Phi) is 5.05. The van der Waals surface area contributed by atoms with E-state index in [1.165, 1.54) is 23.0 Å². The summed E-state index contributed by atoms with van der Waals surface area (Å²) >= 11 is 1.49. The molecular formula is C20H21FN4OS. The van der Waals surface area contributed by atoms with Crippen LogP contribution in [0.3, 0.4) is 0 Å². The maximum absolute atomic E-state index is 13.9. The maximum atomic E-state index is 13.9. The Morgan fingerprint density at radius 1 is 1.19 bits per heavy atom. The standard InChI is InChI=1S/C20H21FN4OS/c1-14-6-7-16-18(12-14)27-20(22-16)23-19(26)13-24-8-10-25(11-9-24)17-5-3-2-4-15(17)21/h2-7,12H,8-11,13H2,1H3,(H,22,23,26). The summed E-state index contributed by atoms with van der Waals surface area (Å²) in [5.74, 6) is -0.264. The number of nitrogens with one attached hydrogen (secondary N) is 1. The predicted molar refractivity (Wildman–Crippen MR) is 108 cm³/mol. The molecule has 2 heterocycles. The van der Waals surface area contributed by atoms with Crippen molar-refractivity contribution in [3.63, 3.8) is 0 Å². The van der Waals surface area contributed by atoms with E-state index < -0.39 is 0 Å². The van der Waals surface area contributed by atoms with E-state index in [2.05, 4.69) is 21.3 Å². The van der Waals surface area contributed by atoms with Gasteiger partial charge < -0.3 is 10.2 Å². The Labute approximate surface area is 161 Å². The Balaban J connectivity index is 1.32. The zero-order valence-electron chi connectivity index (χ0n) is 15.1. The first-order valence-electron chi connectivity index (χ1n) is 8.97. The minimum atomic E-state index is -0.199. The summed E-state index contributed by atoms with van der Waals surface area (Å²) in [6.07, 6.45) is 0. The Morgan fingerprint density at radius 3 is 2.74 bits per heavy atom. The number of nitrogens with zero attached hydrogens (tertiary/aromatic N) is 3. The first-order chi connectivity index (χ1) is 13.1. The highest BCUT2D eigenvalue weighted by molar-refractivity contribution is 7.22. The van der Waals surface area contributed by atoms with Crippen molar-refractivity contribution in [3.8, 4) is 0 Å². The molecule has 0 unspecified atom stereocenters. The molecule has 3 aromatic rings. The van der Waals surface area contributed by atoms with Crippen LogP contribution in [-0.2, 0) is 4.79 Å². The summed E-state index contributed by atoms with van der Waals surface area (Å²) in [7, 11) is 0. The van der Waals surface area contributed by atoms with Crippen LogP contribution in [0.5, 0.6) is 0 Å². The highest BCUT2D eigenvalue weighted by atomic mass is 32.1. The number of fused-ring (bicyclic) bond motifs is 1. The lowest BCUT2D eigenvalue weighted by atomic mass is 10.2. The van der Waals surface area contributed by atoms with Crippen LogP contribution in [0.15, 0.2) is 42.5 Å². The fraction of sp³-hybridized carbons (Fsp3) is 0.300. The molecule has 5 nitrogen and oxygen atoms in total. The van der Waals surface area contributed by atoms with Crippen molar-refractivity contribution >= 4 is 38.3 Å². The van der Waals surface area contributed by atoms with Crippen LogP contribution < -0.4 is 10.2 Å². The second kappa shape index (κ2) is 7.62. The van der Waals surface area contributed by atoms with Gasteiger partial charge in [0.05, 0.1) is 22.4 Å². The molecule has 0 radical (unpaired) electrons. The third kappa shape index (κ3) is 4.09. The van der Waals surface area contributed by atoms with Crippen LogP contribution in [-0.4, -0.2) is 48.5 Å². The van der Waals surface area contributed by atoms with E-state index in [4.69, 9.17) is 0 Å². The summed E-state index contributed by atoms with van der Waals surface area (Å²) in [5.41, 5.74) is 2.71. The lowest BCUT2D eigenvalue weighted by molar-refractivity contribution is -0.117. The number of amides is 1. The van der Waals surface area contributed by atoms with Gasteiger partial charge in [-0.1, -0.05) is 29.5 Å². The fourth-order valence-corrected chi connectivity index (χ4v) is 4.28. The number of halogens is 1. The van der Waals surface area contributed by atoms with E-state index in [-0.39, 0.29) is 11.7 Å². The molecule has 1 aromatic heterocycles. The topological polar surface area (TPSA) is 48.5 Å². The highest BCUT2D eigenvalue weighted by Gasteiger charge is 2.21. The van der Waals surface area contributed by atoms with Gasteiger partial charge in [0.1, 0.15) is 5.82 Å². The van der Waals surface area contributed by atoms with Crippen LogP contribution in [0.4, 0.5) is 15.2 Å². The summed E-state index contributed by atoms with van der Waals surface area (Å²) in [5, 5.41) is 3.53. The minimum absolute atomic E-state index is 0.0647. The molecule has 1 aliphatic rings. The van der Waals surface area contributed by atoms with E-state index in [0.29, 0.717) is 30.5 Å². The third-order valence-electron chi connectivity index (χ3n) is 4.72. The fourth-order valence-electron chi connectivity index (χ4n) is 3.30. The number of aryl methyl sites for hydroxylation is 1. The monoisotopic (exact) mass is 384 g/mol. The number of para-hydroxylation sites is 1. The van der Waals surface area contributed by atoms with Crippen molar-refractivity contribution in [3.05, 3.63) is 53.8 Å². The van der Waals surface area contributed by atoms with Gasteiger partial charge in [0.2, 0.25) is 5.91 Å². The van der Waals surface area contributed by atoms with Crippen molar-refractivity contribution in [1.82, 2.24) is 9.88 Å². The number of anilines is 2. The molecule has 27 heavy (non-hydrogen) atoms. The number of hydrogen-bond donors (Lipinski definition) is 1. The van der Waals surface area contributed by atoms with Crippen molar-refractivity contribution in [2.75, 3.05) is 42.9 Å². The third-order valence-corrected chi connectivity index (χ3v) is 5.66. The molecule has 1 N–H and O–H groups in total. The number of carbonyl (C=O) groups excluding carboxylic acids is 1. The summed E-state index contributed by atoms with van der Waals surface area (Å²) in [6, 6.07) is 12.9. The molecule has 0 saturated carbocycles. The van der Waals surface area contributed by atoms with E-state index >= 15 is 0 Å². The van der Waals surface area contributed by atoms with Gasteiger partial charge in [-0.3, -0.25) is 9.69 Å². The molecule has 0 spiro atoms. The summed E-state index contributed by atoms with van der Waals surface area (Å²) < 4.78 is 15.0. The number of thiazole rings is 1. The van der Waals surface area contributed by atoms with Crippen LogP contribution in [0.2, 0.25) is 0 Å². The molecule has 0 aliphatic carbocycles. The van der Waals surface area contributed by atoms with Gasteiger partial charge in [-0.05, 0) is 36.8 Å². The number of benzene rings is 2. The first kappa shape index (κ1) is 17.9. The van der Waals surface area contributed by atoms with Gasteiger partial charge in [-0.25, -0.2) is 9.37 Å². The van der Waals surface area contributed by atoms with E-state index in [1.807, 2.05) is 30.0 Å². The normalized spacial score (nSPS) is 15.3. The average molecular weight is 384 g/mol. The average Bonchev–Trinajstić information content (AvgIpc) is 3.04. The van der Waals surface area contributed by atoms with Crippen molar-refractivity contribution in [2.45, 2.75) is 6.92 Å². The zero-order valence-corrected chi connectivity index (χ0v) is 15.9. The zero-order chi connectivity index (χ0) is 18.8. The number of rotatable bonds is 4. The Morgan fingerprint density at radius 2 is 1.96 bits per heavy atom. The molecule has 2 aromatic carbocycles. The van der Waals surface area contributed by atoms with Crippen molar-refractivity contribution < 1.29 is 9.18 Å². The van der Waals surface area contributed by atoms with Crippen LogP contribution in [0, 0.1) is 12.7 Å². The second-order valence-corrected chi connectivity index (χ2v) is 7.78. The van der Waals surface area contributed by atoms with Gasteiger partial charge in [0.15, 0.2) is 5.13 Å². The van der Waals surface area contributed by atoms with E-state index in [9.17, 15) is 9.18 Å². The quantitative estimate of drug-likeness (QED) is 0.748. The van der Waals surface area contributed by atoms with Crippen LogP contribution in [0.25, 0.3) is 10.2 Å².